The molecule has 0 bridgehead atoms. The van der Waals surface area contributed by atoms with Gasteiger partial charge in [0.05, 0.1) is 13.2 Å². The summed E-state index contributed by atoms with van der Waals surface area (Å²) in [5, 5.41) is 2.98. The summed E-state index contributed by atoms with van der Waals surface area (Å²) in [6, 6.07) is 5.69. The Balaban J connectivity index is 1.84. The highest BCUT2D eigenvalue weighted by Gasteiger charge is 2.22. The Morgan fingerprint density at radius 2 is 1.93 bits per heavy atom. The Labute approximate surface area is 180 Å². The lowest BCUT2D eigenvalue weighted by Gasteiger charge is -2.29. The number of rotatable bonds is 11. The number of nitrogens with one attached hydrogen (secondary N) is 1. The number of benzene rings is 1. The van der Waals surface area contributed by atoms with Crippen molar-refractivity contribution in [2.24, 2.45) is 5.92 Å². The van der Waals surface area contributed by atoms with Crippen molar-refractivity contribution in [2.75, 3.05) is 19.8 Å². The van der Waals surface area contributed by atoms with Gasteiger partial charge in [-0.1, -0.05) is 39.2 Å². The van der Waals surface area contributed by atoms with Crippen LogP contribution in [-0.2, 0) is 14.3 Å². The van der Waals surface area contributed by atoms with Gasteiger partial charge in [-0.2, -0.15) is 0 Å². The van der Waals surface area contributed by atoms with Crippen molar-refractivity contribution in [3.8, 4) is 11.5 Å². The van der Waals surface area contributed by atoms with Crippen molar-refractivity contribution in [3.63, 3.8) is 0 Å². The highest BCUT2D eigenvalue weighted by atomic mass is 16.5. The van der Waals surface area contributed by atoms with Crippen LogP contribution in [0.1, 0.15) is 64.9 Å². The van der Waals surface area contributed by atoms with Crippen molar-refractivity contribution >= 4 is 18.0 Å². The second-order valence-electron chi connectivity index (χ2n) is 7.72. The number of amides is 1. The largest absolute Gasteiger partial charge is 0.490 e. The van der Waals surface area contributed by atoms with E-state index in [4.69, 9.17) is 14.2 Å². The van der Waals surface area contributed by atoms with Crippen LogP contribution in [0.2, 0.25) is 0 Å². The molecule has 2 rings (SSSR count). The smallest absolute Gasteiger partial charge is 0.331 e. The molecule has 0 saturated heterocycles. The summed E-state index contributed by atoms with van der Waals surface area (Å²) < 4.78 is 16.5. The average Bonchev–Trinajstić information content (AvgIpc) is 2.74. The van der Waals surface area contributed by atoms with Crippen molar-refractivity contribution in [2.45, 2.75) is 65.3 Å². The Hall–Kier alpha value is -2.50. The van der Waals surface area contributed by atoms with Crippen molar-refractivity contribution in [1.29, 1.82) is 0 Å². The van der Waals surface area contributed by atoms with Crippen LogP contribution in [0.5, 0.6) is 11.5 Å². The van der Waals surface area contributed by atoms with E-state index in [1.165, 1.54) is 12.5 Å². The van der Waals surface area contributed by atoms with E-state index in [2.05, 4.69) is 19.2 Å². The van der Waals surface area contributed by atoms with E-state index in [0.717, 1.165) is 37.7 Å². The summed E-state index contributed by atoms with van der Waals surface area (Å²) in [5.41, 5.74) is 0.790. The van der Waals surface area contributed by atoms with E-state index in [-0.39, 0.29) is 18.6 Å². The van der Waals surface area contributed by atoms with Gasteiger partial charge in [-0.05, 0) is 55.9 Å². The van der Waals surface area contributed by atoms with Gasteiger partial charge < -0.3 is 19.5 Å². The minimum atomic E-state index is -0.553. The van der Waals surface area contributed by atoms with Gasteiger partial charge in [-0.25, -0.2) is 4.79 Å². The molecular weight excluding hydrogens is 382 g/mol. The van der Waals surface area contributed by atoms with Gasteiger partial charge in [-0.3, -0.25) is 4.79 Å². The molecule has 1 aromatic carbocycles. The third-order valence-corrected chi connectivity index (χ3v) is 5.24. The van der Waals surface area contributed by atoms with Gasteiger partial charge in [0.25, 0.3) is 5.91 Å². The van der Waals surface area contributed by atoms with Gasteiger partial charge in [0.2, 0.25) is 0 Å². The van der Waals surface area contributed by atoms with E-state index in [9.17, 15) is 9.59 Å². The molecule has 0 aliphatic heterocycles. The van der Waals surface area contributed by atoms with Gasteiger partial charge in [-0.15, -0.1) is 0 Å². The van der Waals surface area contributed by atoms with Gasteiger partial charge in [0, 0.05) is 12.1 Å². The van der Waals surface area contributed by atoms with E-state index >= 15 is 0 Å². The fraction of sp³-hybridized carbons (Fsp3) is 0.583. The minimum Gasteiger partial charge on any atom is -0.490 e. The molecule has 0 radical (unpaired) electrons. The molecule has 1 aliphatic carbocycles. The van der Waals surface area contributed by atoms with Crippen molar-refractivity contribution in [3.05, 3.63) is 29.8 Å². The third-order valence-electron chi connectivity index (χ3n) is 5.24. The molecule has 0 unspecified atom stereocenters. The minimum absolute atomic E-state index is 0.176. The Morgan fingerprint density at radius 1 is 1.13 bits per heavy atom. The number of hydrogen-bond acceptors (Lipinski definition) is 5. The SMILES string of the molecule is CCCCOc1ccc(/C=C/C(=O)OCC(=O)N[C@@H]2CCCC[C@@H]2C)cc1OCC. The number of carbonyl (C=O) groups excluding carboxylic acids is 2. The standard InChI is InChI=1S/C24H35NO5/c1-4-6-15-29-21-13-11-19(16-22(21)28-5-2)12-14-24(27)30-17-23(26)25-20-10-8-7-9-18(20)3/h11-14,16,18,20H,4-10,15,17H2,1-3H3,(H,25,26)/b14-12+/t18-,20+/m0/s1. The highest BCUT2D eigenvalue weighted by Crippen LogP contribution is 2.29. The van der Waals surface area contributed by atoms with Crippen LogP contribution >= 0.6 is 0 Å². The van der Waals surface area contributed by atoms with E-state index in [1.54, 1.807) is 6.08 Å². The first-order valence-electron chi connectivity index (χ1n) is 11.1. The van der Waals surface area contributed by atoms with Crippen LogP contribution in [-0.4, -0.2) is 37.7 Å². The molecule has 166 valence electrons. The first-order chi connectivity index (χ1) is 14.5. The van der Waals surface area contributed by atoms with E-state index < -0.39 is 5.97 Å². The number of hydrogen-bond donors (Lipinski definition) is 1. The molecule has 1 saturated carbocycles. The lowest BCUT2D eigenvalue weighted by atomic mass is 9.86. The maximum Gasteiger partial charge on any atom is 0.331 e. The quantitative estimate of drug-likeness (QED) is 0.326. The average molecular weight is 418 g/mol. The number of esters is 1. The zero-order valence-electron chi connectivity index (χ0n) is 18.4. The summed E-state index contributed by atoms with van der Waals surface area (Å²) >= 11 is 0. The summed E-state index contributed by atoms with van der Waals surface area (Å²) in [6.45, 7) is 7.07. The maximum absolute atomic E-state index is 12.1. The molecule has 1 aliphatic rings. The lowest BCUT2D eigenvalue weighted by Crippen LogP contribution is -2.42. The molecule has 1 aromatic rings. The first kappa shape index (κ1) is 23.8. The number of ether oxygens (including phenoxy) is 3. The molecule has 1 N–H and O–H groups in total. The Morgan fingerprint density at radius 3 is 2.67 bits per heavy atom. The topological polar surface area (TPSA) is 73.9 Å². The van der Waals surface area contributed by atoms with Crippen LogP contribution in [0.25, 0.3) is 6.08 Å². The summed E-state index contributed by atoms with van der Waals surface area (Å²) in [7, 11) is 0. The van der Waals surface area contributed by atoms with E-state index in [1.807, 2.05) is 25.1 Å². The molecule has 1 fully saturated rings. The second kappa shape index (κ2) is 12.9. The fourth-order valence-corrected chi connectivity index (χ4v) is 3.47. The molecule has 1 amide bonds. The van der Waals surface area contributed by atoms with Crippen molar-refractivity contribution < 1.29 is 23.8 Å². The van der Waals surface area contributed by atoms with Crippen LogP contribution in [0.4, 0.5) is 0 Å². The van der Waals surface area contributed by atoms with Gasteiger partial charge in [0.15, 0.2) is 18.1 Å². The summed E-state index contributed by atoms with van der Waals surface area (Å²) in [5.74, 6) is 1.00. The molecule has 6 heteroatoms. The van der Waals surface area contributed by atoms with Gasteiger partial charge >= 0.3 is 5.97 Å². The van der Waals surface area contributed by atoms with Crippen LogP contribution in [0.15, 0.2) is 24.3 Å². The molecule has 0 aromatic heterocycles. The summed E-state index contributed by atoms with van der Waals surface area (Å²) in [6.07, 6.45) is 9.45. The molecular formula is C24H35NO5. The highest BCUT2D eigenvalue weighted by molar-refractivity contribution is 5.89. The predicted molar refractivity (Wildman–Crippen MR) is 118 cm³/mol. The lowest BCUT2D eigenvalue weighted by molar-refractivity contribution is -0.144. The molecule has 6 nitrogen and oxygen atoms in total. The predicted octanol–water partition coefficient (Wildman–Crippen LogP) is 4.52. The third kappa shape index (κ3) is 8.09. The van der Waals surface area contributed by atoms with Crippen LogP contribution < -0.4 is 14.8 Å². The van der Waals surface area contributed by atoms with Crippen molar-refractivity contribution in [1.82, 2.24) is 5.32 Å². The fourth-order valence-electron chi connectivity index (χ4n) is 3.47. The van der Waals surface area contributed by atoms with E-state index in [0.29, 0.717) is 30.6 Å². The van der Waals surface area contributed by atoms with Crippen LogP contribution in [0, 0.1) is 5.92 Å². The molecule has 0 heterocycles. The Bertz CT molecular complexity index is 716. The monoisotopic (exact) mass is 417 g/mol. The zero-order valence-corrected chi connectivity index (χ0v) is 18.4. The summed E-state index contributed by atoms with van der Waals surface area (Å²) in [4.78, 5) is 24.0. The number of carbonyl (C=O) groups is 2. The molecule has 0 spiro atoms. The number of unbranched alkanes of at least 4 members (excludes halogenated alkanes) is 1. The van der Waals surface area contributed by atoms with Crippen LogP contribution in [0.3, 0.4) is 0 Å². The molecule has 2 atom stereocenters. The normalized spacial score (nSPS) is 18.8. The molecule has 30 heavy (non-hydrogen) atoms. The zero-order chi connectivity index (χ0) is 21.8. The second-order valence-corrected chi connectivity index (χ2v) is 7.72. The maximum atomic E-state index is 12.1. The Kier molecular flexibility index (Phi) is 10.3. The van der Waals surface area contributed by atoms with Gasteiger partial charge in [0.1, 0.15) is 0 Å². The first-order valence-corrected chi connectivity index (χ1v) is 11.1.